The summed E-state index contributed by atoms with van der Waals surface area (Å²) < 4.78 is 0. The van der Waals surface area contributed by atoms with Crippen molar-refractivity contribution in [1.82, 2.24) is 5.32 Å². The van der Waals surface area contributed by atoms with Crippen molar-refractivity contribution in [2.24, 2.45) is 5.41 Å². The SMILES string of the molecule is CN(CC(C)(C)C)c1ccc(CNC2CC2)cc1Cl. The highest BCUT2D eigenvalue weighted by atomic mass is 35.5. The normalized spacial score (nSPS) is 15.6. The average molecular weight is 281 g/mol. The van der Waals surface area contributed by atoms with Crippen LogP contribution in [0.2, 0.25) is 5.02 Å². The average Bonchev–Trinajstić information content (AvgIpc) is 3.07. The first-order valence-corrected chi connectivity index (χ1v) is 7.46. The van der Waals surface area contributed by atoms with Crippen LogP contribution in [0.5, 0.6) is 0 Å². The third kappa shape index (κ3) is 4.70. The van der Waals surface area contributed by atoms with Crippen molar-refractivity contribution < 1.29 is 0 Å². The van der Waals surface area contributed by atoms with Crippen LogP contribution in [0.1, 0.15) is 39.2 Å². The molecule has 0 aliphatic heterocycles. The minimum atomic E-state index is 0.268. The number of rotatable bonds is 5. The summed E-state index contributed by atoms with van der Waals surface area (Å²) in [5, 5.41) is 4.36. The van der Waals surface area contributed by atoms with E-state index in [-0.39, 0.29) is 5.41 Å². The van der Waals surface area contributed by atoms with E-state index in [1.807, 2.05) is 0 Å². The maximum Gasteiger partial charge on any atom is 0.0642 e. The van der Waals surface area contributed by atoms with Crippen LogP contribution in [0.4, 0.5) is 5.69 Å². The zero-order valence-corrected chi connectivity index (χ0v) is 13.2. The van der Waals surface area contributed by atoms with E-state index < -0.39 is 0 Å². The molecule has 1 aliphatic rings. The van der Waals surface area contributed by atoms with Crippen LogP contribution < -0.4 is 10.2 Å². The maximum absolute atomic E-state index is 6.41. The number of nitrogens with one attached hydrogen (secondary N) is 1. The third-order valence-electron chi connectivity index (χ3n) is 3.31. The summed E-state index contributed by atoms with van der Waals surface area (Å²) in [6.45, 7) is 8.64. The molecule has 0 bridgehead atoms. The van der Waals surface area contributed by atoms with Crippen molar-refractivity contribution in [2.75, 3.05) is 18.5 Å². The molecule has 0 unspecified atom stereocenters. The summed E-state index contributed by atoms with van der Waals surface area (Å²) in [5.74, 6) is 0. The maximum atomic E-state index is 6.41. The molecule has 1 aliphatic carbocycles. The van der Waals surface area contributed by atoms with Gasteiger partial charge in [0.05, 0.1) is 10.7 Å². The molecule has 2 nitrogen and oxygen atoms in total. The Morgan fingerprint density at radius 3 is 2.53 bits per heavy atom. The molecule has 1 aromatic rings. The summed E-state index contributed by atoms with van der Waals surface area (Å²) in [6, 6.07) is 7.14. The van der Waals surface area contributed by atoms with Gasteiger partial charge in [0, 0.05) is 26.2 Å². The number of halogens is 1. The van der Waals surface area contributed by atoms with Gasteiger partial charge in [0.2, 0.25) is 0 Å². The summed E-state index contributed by atoms with van der Waals surface area (Å²) in [5.41, 5.74) is 2.65. The molecular formula is C16H25ClN2. The number of anilines is 1. The zero-order valence-electron chi connectivity index (χ0n) is 12.5. The highest BCUT2D eigenvalue weighted by Gasteiger charge is 2.20. The number of benzene rings is 1. The Bertz CT molecular complexity index is 433. The first-order chi connectivity index (χ1) is 8.85. The van der Waals surface area contributed by atoms with Crippen molar-refractivity contribution in [2.45, 2.75) is 46.2 Å². The molecule has 19 heavy (non-hydrogen) atoms. The smallest absolute Gasteiger partial charge is 0.0642 e. The Hall–Kier alpha value is -0.730. The van der Waals surface area contributed by atoms with Crippen LogP contribution in [-0.2, 0) is 6.54 Å². The fourth-order valence-electron chi connectivity index (χ4n) is 2.32. The van der Waals surface area contributed by atoms with E-state index in [1.165, 1.54) is 18.4 Å². The first-order valence-electron chi connectivity index (χ1n) is 7.08. The van der Waals surface area contributed by atoms with Gasteiger partial charge in [0.15, 0.2) is 0 Å². The Labute approximate surface area is 122 Å². The predicted molar refractivity (Wildman–Crippen MR) is 84.0 cm³/mol. The summed E-state index contributed by atoms with van der Waals surface area (Å²) in [4.78, 5) is 2.24. The second-order valence-electron chi connectivity index (χ2n) is 6.86. The lowest BCUT2D eigenvalue weighted by atomic mass is 9.96. The van der Waals surface area contributed by atoms with Crippen LogP contribution in [0.15, 0.2) is 18.2 Å². The molecule has 0 aromatic heterocycles. The van der Waals surface area contributed by atoms with Crippen LogP contribution >= 0.6 is 11.6 Å². The molecule has 0 amide bonds. The minimum Gasteiger partial charge on any atom is -0.373 e. The summed E-state index contributed by atoms with van der Waals surface area (Å²) in [6.07, 6.45) is 2.64. The molecule has 2 rings (SSSR count). The largest absolute Gasteiger partial charge is 0.373 e. The lowest BCUT2D eigenvalue weighted by Crippen LogP contribution is -2.29. The Morgan fingerprint density at radius 2 is 2.00 bits per heavy atom. The van der Waals surface area contributed by atoms with Gasteiger partial charge in [-0.05, 0) is 36.0 Å². The van der Waals surface area contributed by atoms with Gasteiger partial charge in [-0.1, -0.05) is 38.4 Å². The van der Waals surface area contributed by atoms with E-state index >= 15 is 0 Å². The van der Waals surface area contributed by atoms with Gasteiger partial charge in [0.25, 0.3) is 0 Å². The molecule has 0 atom stereocenters. The number of nitrogens with zero attached hydrogens (tertiary/aromatic N) is 1. The number of hydrogen-bond donors (Lipinski definition) is 1. The Kier molecular flexibility index (Phi) is 4.42. The zero-order chi connectivity index (χ0) is 14.0. The molecule has 0 saturated heterocycles. The summed E-state index contributed by atoms with van der Waals surface area (Å²) in [7, 11) is 2.11. The van der Waals surface area contributed by atoms with E-state index in [0.29, 0.717) is 0 Å². The van der Waals surface area contributed by atoms with Crippen molar-refractivity contribution in [3.63, 3.8) is 0 Å². The topological polar surface area (TPSA) is 15.3 Å². The van der Waals surface area contributed by atoms with E-state index in [4.69, 9.17) is 11.6 Å². The number of hydrogen-bond acceptors (Lipinski definition) is 2. The molecule has 0 heterocycles. The molecule has 3 heteroatoms. The third-order valence-corrected chi connectivity index (χ3v) is 3.61. The molecule has 0 radical (unpaired) electrons. The lowest BCUT2D eigenvalue weighted by Gasteiger charge is -2.29. The van der Waals surface area contributed by atoms with Gasteiger partial charge in [-0.15, -0.1) is 0 Å². The van der Waals surface area contributed by atoms with Gasteiger partial charge in [-0.3, -0.25) is 0 Å². The fourth-order valence-corrected chi connectivity index (χ4v) is 2.66. The minimum absolute atomic E-state index is 0.268. The predicted octanol–water partition coefficient (Wildman–Crippen LogP) is 4.07. The van der Waals surface area contributed by atoms with Crippen LogP contribution in [-0.4, -0.2) is 19.6 Å². The lowest BCUT2D eigenvalue weighted by molar-refractivity contribution is 0.419. The van der Waals surface area contributed by atoms with Gasteiger partial charge in [-0.25, -0.2) is 0 Å². The van der Waals surface area contributed by atoms with Gasteiger partial charge in [-0.2, -0.15) is 0 Å². The van der Waals surface area contributed by atoms with E-state index in [0.717, 1.165) is 29.8 Å². The molecule has 0 spiro atoms. The highest BCUT2D eigenvalue weighted by molar-refractivity contribution is 6.33. The highest BCUT2D eigenvalue weighted by Crippen LogP contribution is 2.29. The molecule has 1 fully saturated rings. The van der Waals surface area contributed by atoms with Crippen molar-refractivity contribution in [1.29, 1.82) is 0 Å². The fraction of sp³-hybridized carbons (Fsp3) is 0.625. The molecule has 1 saturated carbocycles. The Balaban J connectivity index is 2.00. The second kappa shape index (κ2) is 5.72. The molecule has 1 N–H and O–H groups in total. The van der Waals surface area contributed by atoms with Crippen molar-refractivity contribution in [3.8, 4) is 0 Å². The summed E-state index contributed by atoms with van der Waals surface area (Å²) >= 11 is 6.41. The van der Waals surface area contributed by atoms with Crippen LogP contribution in [0, 0.1) is 5.41 Å². The van der Waals surface area contributed by atoms with E-state index in [2.05, 4.69) is 56.2 Å². The first kappa shape index (κ1) is 14.7. The monoisotopic (exact) mass is 280 g/mol. The molecule has 106 valence electrons. The second-order valence-corrected chi connectivity index (χ2v) is 7.26. The van der Waals surface area contributed by atoms with Crippen LogP contribution in [0.3, 0.4) is 0 Å². The molecule has 1 aromatic carbocycles. The van der Waals surface area contributed by atoms with E-state index in [1.54, 1.807) is 0 Å². The standard InChI is InChI=1S/C16H25ClN2/c1-16(2,3)11-19(4)15-8-5-12(9-14(15)17)10-18-13-6-7-13/h5,8-9,13,18H,6-7,10-11H2,1-4H3. The quantitative estimate of drug-likeness (QED) is 0.874. The van der Waals surface area contributed by atoms with Crippen molar-refractivity contribution >= 4 is 17.3 Å². The Morgan fingerprint density at radius 1 is 1.32 bits per heavy atom. The van der Waals surface area contributed by atoms with Gasteiger partial charge >= 0.3 is 0 Å². The van der Waals surface area contributed by atoms with Crippen LogP contribution in [0.25, 0.3) is 0 Å². The van der Waals surface area contributed by atoms with E-state index in [9.17, 15) is 0 Å². The van der Waals surface area contributed by atoms with Gasteiger partial charge < -0.3 is 10.2 Å². The van der Waals surface area contributed by atoms with Crippen molar-refractivity contribution in [3.05, 3.63) is 28.8 Å². The molecular weight excluding hydrogens is 256 g/mol. The van der Waals surface area contributed by atoms with Gasteiger partial charge in [0.1, 0.15) is 0 Å².